The Labute approximate surface area is 115 Å². The van der Waals surface area contributed by atoms with Crippen LogP contribution in [-0.4, -0.2) is 30.5 Å². The topological polar surface area (TPSA) is 54.6 Å². The van der Waals surface area contributed by atoms with Crippen LogP contribution in [0.3, 0.4) is 0 Å². The highest BCUT2D eigenvalue weighted by molar-refractivity contribution is 4.97. The summed E-state index contributed by atoms with van der Waals surface area (Å²) in [6, 6.07) is 3.78. The van der Waals surface area contributed by atoms with Crippen molar-refractivity contribution in [2.75, 3.05) is 13.2 Å². The summed E-state index contributed by atoms with van der Waals surface area (Å²) in [4.78, 5) is 0. The van der Waals surface area contributed by atoms with E-state index in [4.69, 9.17) is 9.15 Å². The van der Waals surface area contributed by atoms with Crippen molar-refractivity contribution in [3.8, 4) is 0 Å². The molecule has 0 aromatic carbocycles. The van der Waals surface area contributed by atoms with E-state index in [1.54, 1.807) is 6.26 Å². The molecule has 0 spiro atoms. The van der Waals surface area contributed by atoms with Crippen molar-refractivity contribution in [2.24, 2.45) is 5.92 Å². The molecule has 108 valence electrons. The van der Waals surface area contributed by atoms with Crippen LogP contribution in [-0.2, 0) is 11.3 Å². The first-order valence-electron chi connectivity index (χ1n) is 7.27. The van der Waals surface area contributed by atoms with Gasteiger partial charge < -0.3 is 19.6 Å². The van der Waals surface area contributed by atoms with Crippen LogP contribution in [0.5, 0.6) is 0 Å². The molecule has 1 aliphatic carbocycles. The fourth-order valence-corrected chi connectivity index (χ4v) is 2.61. The summed E-state index contributed by atoms with van der Waals surface area (Å²) in [6.45, 7) is 3.87. The summed E-state index contributed by atoms with van der Waals surface area (Å²) in [6.07, 6.45) is 6.37. The third kappa shape index (κ3) is 5.35. The number of nitrogens with one attached hydrogen (secondary N) is 1. The lowest BCUT2D eigenvalue weighted by Gasteiger charge is -2.27. The molecule has 4 nitrogen and oxygen atoms in total. The van der Waals surface area contributed by atoms with E-state index >= 15 is 0 Å². The Kier molecular flexibility index (Phi) is 5.89. The number of aliphatic hydroxyl groups excluding tert-OH is 1. The van der Waals surface area contributed by atoms with Crippen LogP contribution in [0.2, 0.25) is 0 Å². The van der Waals surface area contributed by atoms with Crippen molar-refractivity contribution < 1.29 is 14.3 Å². The molecule has 1 aliphatic rings. The highest BCUT2D eigenvalue weighted by atomic mass is 16.5. The maximum absolute atomic E-state index is 9.86. The Hall–Kier alpha value is -0.840. The summed E-state index contributed by atoms with van der Waals surface area (Å²) in [5.41, 5.74) is 0. The van der Waals surface area contributed by atoms with Gasteiger partial charge in [0.2, 0.25) is 0 Å². The molecule has 19 heavy (non-hydrogen) atoms. The number of furan rings is 1. The van der Waals surface area contributed by atoms with Gasteiger partial charge in [-0.3, -0.25) is 0 Å². The van der Waals surface area contributed by atoms with E-state index < -0.39 is 6.10 Å². The largest absolute Gasteiger partial charge is 0.468 e. The predicted octanol–water partition coefficient (Wildman–Crippen LogP) is 2.33. The fourth-order valence-electron chi connectivity index (χ4n) is 2.61. The molecular formula is C15H25NO3. The Bertz CT molecular complexity index is 339. The standard InChI is InChI=1S/C15H25NO3/c1-12-4-2-5-14(8-12)19-11-13(17)9-16-10-15-6-3-7-18-15/h3,6-7,12-14,16-17H,2,4-5,8-11H2,1H3. The lowest BCUT2D eigenvalue weighted by Crippen LogP contribution is -2.32. The molecule has 0 saturated heterocycles. The molecule has 2 rings (SSSR count). The molecular weight excluding hydrogens is 242 g/mol. The number of aliphatic hydroxyl groups is 1. The van der Waals surface area contributed by atoms with Crippen molar-refractivity contribution >= 4 is 0 Å². The summed E-state index contributed by atoms with van der Waals surface area (Å²) < 4.78 is 11.0. The Morgan fingerprint density at radius 3 is 3.16 bits per heavy atom. The number of hydrogen-bond acceptors (Lipinski definition) is 4. The summed E-state index contributed by atoms with van der Waals surface area (Å²) in [7, 11) is 0. The maximum Gasteiger partial charge on any atom is 0.117 e. The maximum atomic E-state index is 9.86. The Morgan fingerprint density at radius 2 is 2.42 bits per heavy atom. The van der Waals surface area contributed by atoms with Crippen molar-refractivity contribution in [3.63, 3.8) is 0 Å². The lowest BCUT2D eigenvalue weighted by molar-refractivity contribution is -0.0307. The molecule has 1 aromatic rings. The van der Waals surface area contributed by atoms with E-state index in [1.807, 2.05) is 12.1 Å². The molecule has 3 unspecified atom stereocenters. The van der Waals surface area contributed by atoms with Gasteiger partial charge in [0.15, 0.2) is 0 Å². The first kappa shape index (κ1) is 14.6. The molecule has 1 saturated carbocycles. The van der Waals surface area contributed by atoms with Gasteiger partial charge in [-0.15, -0.1) is 0 Å². The zero-order valence-electron chi connectivity index (χ0n) is 11.7. The Morgan fingerprint density at radius 1 is 1.53 bits per heavy atom. The van der Waals surface area contributed by atoms with Gasteiger partial charge in [-0.05, 0) is 30.9 Å². The van der Waals surface area contributed by atoms with Gasteiger partial charge in [0.05, 0.1) is 31.6 Å². The van der Waals surface area contributed by atoms with Gasteiger partial charge in [-0.2, -0.15) is 0 Å². The van der Waals surface area contributed by atoms with Crippen molar-refractivity contribution in [3.05, 3.63) is 24.2 Å². The summed E-state index contributed by atoms with van der Waals surface area (Å²) in [5, 5.41) is 13.0. The third-order valence-electron chi connectivity index (χ3n) is 3.67. The SMILES string of the molecule is CC1CCCC(OCC(O)CNCc2ccco2)C1. The van der Waals surface area contributed by atoms with Crippen LogP contribution in [0.25, 0.3) is 0 Å². The van der Waals surface area contributed by atoms with Gasteiger partial charge >= 0.3 is 0 Å². The van der Waals surface area contributed by atoms with Gasteiger partial charge in [0, 0.05) is 6.54 Å². The highest BCUT2D eigenvalue weighted by Gasteiger charge is 2.20. The fraction of sp³-hybridized carbons (Fsp3) is 0.733. The molecule has 2 N–H and O–H groups in total. The average molecular weight is 267 g/mol. The van der Waals surface area contributed by atoms with Crippen LogP contribution >= 0.6 is 0 Å². The van der Waals surface area contributed by atoms with E-state index in [0.29, 0.717) is 25.8 Å². The normalized spacial score (nSPS) is 25.4. The smallest absolute Gasteiger partial charge is 0.117 e. The first-order valence-corrected chi connectivity index (χ1v) is 7.27. The lowest BCUT2D eigenvalue weighted by atomic mass is 9.89. The van der Waals surface area contributed by atoms with Gasteiger partial charge in [-0.25, -0.2) is 0 Å². The molecule has 1 fully saturated rings. The quantitative estimate of drug-likeness (QED) is 0.796. The number of hydrogen-bond donors (Lipinski definition) is 2. The molecule has 4 heteroatoms. The summed E-state index contributed by atoms with van der Waals surface area (Å²) >= 11 is 0. The van der Waals surface area contributed by atoms with Crippen LogP contribution in [0.1, 0.15) is 38.4 Å². The predicted molar refractivity (Wildman–Crippen MR) is 73.8 cm³/mol. The zero-order chi connectivity index (χ0) is 13.5. The van der Waals surface area contributed by atoms with Gasteiger partial charge in [0.25, 0.3) is 0 Å². The molecule has 1 heterocycles. The minimum Gasteiger partial charge on any atom is -0.468 e. The van der Waals surface area contributed by atoms with Crippen LogP contribution in [0.15, 0.2) is 22.8 Å². The second-order valence-corrected chi connectivity index (χ2v) is 5.59. The second kappa shape index (κ2) is 7.68. The van der Waals surface area contributed by atoms with Crippen molar-refractivity contribution in [1.29, 1.82) is 0 Å². The average Bonchev–Trinajstić information content (AvgIpc) is 2.90. The third-order valence-corrected chi connectivity index (χ3v) is 3.67. The van der Waals surface area contributed by atoms with Crippen molar-refractivity contribution in [1.82, 2.24) is 5.32 Å². The van der Waals surface area contributed by atoms with E-state index in [1.165, 1.54) is 12.8 Å². The molecule has 0 aliphatic heterocycles. The van der Waals surface area contributed by atoms with Crippen LogP contribution < -0.4 is 5.32 Å². The molecule has 3 atom stereocenters. The Balaban J connectivity index is 1.55. The van der Waals surface area contributed by atoms with Crippen LogP contribution in [0.4, 0.5) is 0 Å². The van der Waals surface area contributed by atoms with Gasteiger partial charge in [-0.1, -0.05) is 19.8 Å². The monoisotopic (exact) mass is 267 g/mol. The highest BCUT2D eigenvalue weighted by Crippen LogP contribution is 2.25. The number of ether oxygens (including phenoxy) is 1. The number of rotatable bonds is 7. The van der Waals surface area contributed by atoms with Gasteiger partial charge in [0.1, 0.15) is 5.76 Å². The van der Waals surface area contributed by atoms with E-state index in [-0.39, 0.29) is 0 Å². The van der Waals surface area contributed by atoms with E-state index in [9.17, 15) is 5.11 Å². The first-order chi connectivity index (χ1) is 9.24. The van der Waals surface area contributed by atoms with Crippen LogP contribution in [0, 0.1) is 5.92 Å². The molecule has 0 amide bonds. The molecule has 0 bridgehead atoms. The summed E-state index contributed by atoms with van der Waals surface area (Å²) in [5.74, 6) is 1.64. The van der Waals surface area contributed by atoms with E-state index in [0.717, 1.165) is 24.5 Å². The second-order valence-electron chi connectivity index (χ2n) is 5.59. The molecule has 0 radical (unpaired) electrons. The minimum atomic E-state index is -0.452. The van der Waals surface area contributed by atoms with Crippen molar-refractivity contribution in [2.45, 2.75) is 51.4 Å². The minimum absolute atomic E-state index is 0.337. The zero-order valence-corrected chi connectivity index (χ0v) is 11.7. The molecule has 1 aromatic heterocycles. The van der Waals surface area contributed by atoms with E-state index in [2.05, 4.69) is 12.2 Å².